The lowest BCUT2D eigenvalue weighted by atomic mass is 10.3. The lowest BCUT2D eigenvalue weighted by Gasteiger charge is -2.11. The number of nitrogens with two attached hydrogens (primary N) is 1. The molecule has 1 aromatic rings. The van der Waals surface area contributed by atoms with E-state index in [1.54, 1.807) is 0 Å². The van der Waals surface area contributed by atoms with Gasteiger partial charge in [-0.1, -0.05) is 0 Å². The van der Waals surface area contributed by atoms with Crippen molar-refractivity contribution in [2.45, 2.75) is 6.42 Å². The van der Waals surface area contributed by atoms with E-state index >= 15 is 0 Å². The Morgan fingerprint density at radius 1 is 1.64 bits per heavy atom. The first kappa shape index (κ1) is 9.21. The number of rotatable bonds is 3. The predicted molar refractivity (Wildman–Crippen MR) is 56.6 cm³/mol. The van der Waals surface area contributed by atoms with Crippen molar-refractivity contribution in [1.82, 2.24) is 9.97 Å². The average molecular weight is 193 g/mol. The van der Waals surface area contributed by atoms with Gasteiger partial charge >= 0.3 is 0 Å². The standard InChI is InChI=1S/C9H15N5/c1-14-5-2-7-6-12-9(11-4-3-10)13-8(7)14/h6H,2-5,10H2,1H3,(H,11,12,13). The third-order valence-corrected chi connectivity index (χ3v) is 2.35. The Bertz CT molecular complexity index is 325. The van der Waals surface area contributed by atoms with E-state index in [0.29, 0.717) is 19.0 Å². The molecule has 5 nitrogen and oxygen atoms in total. The Labute approximate surface area is 83.3 Å². The largest absolute Gasteiger partial charge is 0.359 e. The quantitative estimate of drug-likeness (QED) is 0.698. The maximum Gasteiger partial charge on any atom is 0.224 e. The van der Waals surface area contributed by atoms with Gasteiger partial charge in [-0.25, -0.2) is 4.98 Å². The summed E-state index contributed by atoms with van der Waals surface area (Å²) in [5, 5.41) is 3.07. The summed E-state index contributed by atoms with van der Waals surface area (Å²) in [6.07, 6.45) is 2.94. The van der Waals surface area contributed by atoms with Crippen LogP contribution in [0.15, 0.2) is 6.20 Å². The summed E-state index contributed by atoms with van der Waals surface area (Å²) < 4.78 is 0. The van der Waals surface area contributed by atoms with Crippen LogP contribution in [0, 0.1) is 0 Å². The van der Waals surface area contributed by atoms with E-state index in [9.17, 15) is 0 Å². The van der Waals surface area contributed by atoms with Crippen molar-refractivity contribution in [3.63, 3.8) is 0 Å². The molecular weight excluding hydrogens is 178 g/mol. The van der Waals surface area contributed by atoms with Crippen LogP contribution >= 0.6 is 0 Å². The minimum atomic E-state index is 0.594. The zero-order valence-electron chi connectivity index (χ0n) is 8.32. The highest BCUT2D eigenvalue weighted by Gasteiger charge is 2.17. The smallest absolute Gasteiger partial charge is 0.224 e. The Balaban J connectivity index is 2.17. The third kappa shape index (κ3) is 1.63. The molecular formula is C9H15N5. The SMILES string of the molecule is CN1CCc2cnc(NCCN)nc21. The Morgan fingerprint density at radius 3 is 3.29 bits per heavy atom. The minimum Gasteiger partial charge on any atom is -0.359 e. The van der Waals surface area contributed by atoms with E-state index < -0.39 is 0 Å². The number of likely N-dealkylation sites (N-methyl/N-ethyl adjacent to an activating group) is 1. The number of fused-ring (bicyclic) bond motifs is 1. The first-order valence-electron chi connectivity index (χ1n) is 4.82. The van der Waals surface area contributed by atoms with E-state index in [-0.39, 0.29) is 0 Å². The maximum atomic E-state index is 5.39. The van der Waals surface area contributed by atoms with E-state index in [1.807, 2.05) is 13.2 Å². The van der Waals surface area contributed by atoms with Crippen molar-refractivity contribution in [1.29, 1.82) is 0 Å². The highest BCUT2D eigenvalue weighted by Crippen LogP contribution is 2.23. The van der Waals surface area contributed by atoms with Crippen LogP contribution in [-0.4, -0.2) is 36.6 Å². The highest BCUT2D eigenvalue weighted by molar-refractivity contribution is 5.53. The molecule has 2 heterocycles. The summed E-state index contributed by atoms with van der Waals surface area (Å²) in [5.41, 5.74) is 6.62. The van der Waals surface area contributed by atoms with Crippen molar-refractivity contribution in [2.75, 3.05) is 36.9 Å². The Kier molecular flexibility index (Phi) is 2.49. The molecule has 1 aromatic heterocycles. The molecule has 0 radical (unpaired) electrons. The van der Waals surface area contributed by atoms with Crippen LogP contribution < -0.4 is 16.0 Å². The molecule has 5 heteroatoms. The van der Waals surface area contributed by atoms with Gasteiger partial charge in [0.1, 0.15) is 5.82 Å². The molecule has 14 heavy (non-hydrogen) atoms. The van der Waals surface area contributed by atoms with Gasteiger partial charge in [0.15, 0.2) is 0 Å². The summed E-state index contributed by atoms with van der Waals surface area (Å²) in [7, 11) is 2.05. The number of nitrogens with zero attached hydrogens (tertiary/aromatic N) is 3. The van der Waals surface area contributed by atoms with Gasteiger partial charge in [-0.3, -0.25) is 0 Å². The molecule has 0 saturated carbocycles. The van der Waals surface area contributed by atoms with E-state index in [1.165, 1.54) is 5.56 Å². The van der Waals surface area contributed by atoms with Crippen LogP contribution in [0.5, 0.6) is 0 Å². The molecule has 3 N–H and O–H groups in total. The van der Waals surface area contributed by atoms with Gasteiger partial charge in [-0.05, 0) is 6.42 Å². The molecule has 0 aromatic carbocycles. The second-order valence-corrected chi connectivity index (χ2v) is 3.43. The average Bonchev–Trinajstić information content (AvgIpc) is 2.57. The first-order valence-corrected chi connectivity index (χ1v) is 4.82. The molecule has 0 unspecified atom stereocenters. The van der Waals surface area contributed by atoms with E-state index in [4.69, 9.17) is 5.73 Å². The summed E-state index contributed by atoms with van der Waals surface area (Å²) >= 11 is 0. The lowest BCUT2D eigenvalue weighted by Crippen LogP contribution is -2.17. The van der Waals surface area contributed by atoms with Gasteiger partial charge in [0, 0.05) is 38.4 Å². The maximum absolute atomic E-state index is 5.39. The fourth-order valence-electron chi connectivity index (χ4n) is 1.57. The van der Waals surface area contributed by atoms with Crippen LogP contribution in [0.3, 0.4) is 0 Å². The van der Waals surface area contributed by atoms with Gasteiger partial charge in [0.05, 0.1) is 0 Å². The summed E-state index contributed by atoms with van der Waals surface area (Å²) in [4.78, 5) is 10.8. The van der Waals surface area contributed by atoms with E-state index in [0.717, 1.165) is 18.8 Å². The topological polar surface area (TPSA) is 67.1 Å². The van der Waals surface area contributed by atoms with Crippen LogP contribution in [0.2, 0.25) is 0 Å². The third-order valence-electron chi connectivity index (χ3n) is 2.35. The van der Waals surface area contributed by atoms with Crippen LogP contribution in [0.1, 0.15) is 5.56 Å². The van der Waals surface area contributed by atoms with Crippen molar-refractivity contribution in [3.05, 3.63) is 11.8 Å². The van der Waals surface area contributed by atoms with Gasteiger partial charge in [-0.2, -0.15) is 4.98 Å². The monoisotopic (exact) mass is 193 g/mol. The minimum absolute atomic E-state index is 0.594. The molecule has 2 rings (SSSR count). The van der Waals surface area contributed by atoms with Crippen molar-refractivity contribution in [2.24, 2.45) is 5.73 Å². The number of aromatic nitrogens is 2. The molecule has 1 aliphatic heterocycles. The van der Waals surface area contributed by atoms with Crippen molar-refractivity contribution in [3.8, 4) is 0 Å². The fraction of sp³-hybridized carbons (Fsp3) is 0.556. The predicted octanol–water partition coefficient (Wildman–Crippen LogP) is -0.160. The molecule has 76 valence electrons. The Hall–Kier alpha value is -1.36. The normalized spacial score (nSPS) is 14.3. The van der Waals surface area contributed by atoms with Crippen LogP contribution in [-0.2, 0) is 6.42 Å². The summed E-state index contributed by atoms with van der Waals surface area (Å²) in [6.45, 7) is 2.34. The molecule has 1 aliphatic rings. The molecule has 0 aliphatic carbocycles. The van der Waals surface area contributed by atoms with Crippen LogP contribution in [0.25, 0.3) is 0 Å². The second-order valence-electron chi connectivity index (χ2n) is 3.43. The van der Waals surface area contributed by atoms with Gasteiger partial charge in [0.2, 0.25) is 5.95 Å². The number of nitrogens with one attached hydrogen (secondary N) is 1. The highest BCUT2D eigenvalue weighted by atomic mass is 15.2. The molecule has 0 saturated heterocycles. The van der Waals surface area contributed by atoms with Gasteiger partial charge < -0.3 is 16.0 Å². The second kappa shape index (κ2) is 3.79. The van der Waals surface area contributed by atoms with Crippen molar-refractivity contribution >= 4 is 11.8 Å². The number of hydrogen-bond donors (Lipinski definition) is 2. The molecule has 0 bridgehead atoms. The zero-order chi connectivity index (χ0) is 9.97. The molecule has 0 spiro atoms. The number of anilines is 2. The fourth-order valence-corrected chi connectivity index (χ4v) is 1.57. The zero-order valence-corrected chi connectivity index (χ0v) is 8.32. The van der Waals surface area contributed by atoms with E-state index in [2.05, 4.69) is 20.2 Å². The van der Waals surface area contributed by atoms with Crippen LogP contribution in [0.4, 0.5) is 11.8 Å². The molecule has 0 fully saturated rings. The van der Waals surface area contributed by atoms with Gasteiger partial charge in [0.25, 0.3) is 0 Å². The van der Waals surface area contributed by atoms with Gasteiger partial charge in [-0.15, -0.1) is 0 Å². The first-order chi connectivity index (χ1) is 6.81. The summed E-state index contributed by atoms with van der Waals surface area (Å²) in [5.74, 6) is 1.71. The lowest BCUT2D eigenvalue weighted by molar-refractivity contribution is 0.943. The van der Waals surface area contributed by atoms with Crippen molar-refractivity contribution < 1.29 is 0 Å². The number of hydrogen-bond acceptors (Lipinski definition) is 5. The molecule has 0 atom stereocenters. The summed E-state index contributed by atoms with van der Waals surface area (Å²) in [6, 6.07) is 0. The molecule has 0 amide bonds. The Morgan fingerprint density at radius 2 is 2.50 bits per heavy atom.